The third kappa shape index (κ3) is 7.93. The molecule has 0 aromatic carbocycles. The van der Waals surface area contributed by atoms with Crippen molar-refractivity contribution in [2.75, 3.05) is 6.54 Å². The summed E-state index contributed by atoms with van der Waals surface area (Å²) in [5.41, 5.74) is 5.45. The second kappa shape index (κ2) is 7.23. The van der Waals surface area contributed by atoms with E-state index >= 15 is 0 Å². The highest BCUT2D eigenvalue weighted by Gasteiger charge is 2.10. The van der Waals surface area contributed by atoms with Crippen molar-refractivity contribution in [2.45, 2.75) is 39.2 Å². The molecule has 0 rings (SSSR count). The number of aliphatic carboxylic acids is 1. The van der Waals surface area contributed by atoms with Crippen LogP contribution in [0, 0.1) is 5.92 Å². The molecule has 0 aliphatic rings. The molecule has 15 heavy (non-hydrogen) atoms. The van der Waals surface area contributed by atoms with Gasteiger partial charge in [-0.05, 0) is 19.8 Å². The summed E-state index contributed by atoms with van der Waals surface area (Å²) in [6, 6.07) is -0.136. The van der Waals surface area contributed by atoms with Crippen molar-refractivity contribution in [1.82, 2.24) is 5.32 Å². The fraction of sp³-hybridized carbons (Fsp3) is 0.800. The van der Waals surface area contributed by atoms with Crippen molar-refractivity contribution in [2.24, 2.45) is 11.7 Å². The Bertz CT molecular complexity index is 217. The summed E-state index contributed by atoms with van der Waals surface area (Å²) in [5.74, 6) is -1.22. The maximum Gasteiger partial charge on any atom is 0.306 e. The molecule has 2 atom stereocenters. The lowest BCUT2D eigenvalue weighted by Crippen LogP contribution is -2.30. The van der Waals surface area contributed by atoms with Crippen LogP contribution >= 0.6 is 0 Å². The first-order chi connectivity index (χ1) is 6.93. The van der Waals surface area contributed by atoms with Gasteiger partial charge in [-0.3, -0.25) is 9.59 Å². The van der Waals surface area contributed by atoms with Crippen LogP contribution in [0.4, 0.5) is 0 Å². The van der Waals surface area contributed by atoms with Gasteiger partial charge in [0.1, 0.15) is 0 Å². The van der Waals surface area contributed by atoms with Crippen molar-refractivity contribution in [3.63, 3.8) is 0 Å². The van der Waals surface area contributed by atoms with Crippen LogP contribution in [0.1, 0.15) is 33.1 Å². The molecule has 0 saturated carbocycles. The first-order valence-corrected chi connectivity index (χ1v) is 5.18. The van der Waals surface area contributed by atoms with Crippen LogP contribution in [0.15, 0.2) is 0 Å². The second-order valence-corrected chi connectivity index (χ2v) is 3.91. The van der Waals surface area contributed by atoms with Crippen molar-refractivity contribution < 1.29 is 14.7 Å². The van der Waals surface area contributed by atoms with Gasteiger partial charge in [0.25, 0.3) is 0 Å². The lowest BCUT2D eigenvalue weighted by atomic mass is 10.1. The summed E-state index contributed by atoms with van der Waals surface area (Å²) in [5, 5.41) is 11.3. The van der Waals surface area contributed by atoms with Gasteiger partial charge in [0.15, 0.2) is 0 Å². The fourth-order valence-corrected chi connectivity index (χ4v) is 1.12. The zero-order valence-corrected chi connectivity index (χ0v) is 9.32. The molecule has 0 aromatic rings. The van der Waals surface area contributed by atoms with Crippen molar-refractivity contribution >= 4 is 11.9 Å². The topological polar surface area (TPSA) is 92.4 Å². The Morgan fingerprint density at radius 3 is 2.47 bits per heavy atom. The Morgan fingerprint density at radius 1 is 1.40 bits per heavy atom. The largest absolute Gasteiger partial charge is 0.481 e. The molecule has 0 aliphatic carbocycles. The van der Waals surface area contributed by atoms with Gasteiger partial charge in [-0.15, -0.1) is 0 Å². The average molecular weight is 216 g/mol. The van der Waals surface area contributed by atoms with E-state index in [1.54, 1.807) is 13.8 Å². The molecule has 0 fully saturated rings. The van der Waals surface area contributed by atoms with E-state index < -0.39 is 5.97 Å². The fourth-order valence-electron chi connectivity index (χ4n) is 1.12. The highest BCUT2D eigenvalue weighted by molar-refractivity contribution is 5.76. The van der Waals surface area contributed by atoms with E-state index in [0.717, 1.165) is 0 Å². The highest BCUT2D eigenvalue weighted by Crippen LogP contribution is 2.04. The van der Waals surface area contributed by atoms with Crippen molar-refractivity contribution in [1.29, 1.82) is 0 Å². The summed E-state index contributed by atoms with van der Waals surface area (Å²) < 4.78 is 0. The zero-order valence-electron chi connectivity index (χ0n) is 9.32. The summed E-state index contributed by atoms with van der Waals surface area (Å²) in [4.78, 5) is 21.6. The number of carbonyl (C=O) groups is 2. The predicted octanol–water partition coefficient (Wildman–Crippen LogP) is 0.341. The van der Waals surface area contributed by atoms with Crippen LogP contribution in [-0.2, 0) is 9.59 Å². The normalized spacial score (nSPS) is 14.3. The molecule has 0 heterocycles. The third-order valence-corrected chi connectivity index (χ3v) is 2.07. The summed E-state index contributed by atoms with van der Waals surface area (Å²) in [6.07, 6.45) is 1.57. The first kappa shape index (κ1) is 13.9. The van der Waals surface area contributed by atoms with Gasteiger partial charge < -0.3 is 16.2 Å². The van der Waals surface area contributed by atoms with Gasteiger partial charge in [-0.2, -0.15) is 0 Å². The molecular formula is C10H20N2O3. The van der Waals surface area contributed by atoms with E-state index in [4.69, 9.17) is 10.8 Å². The quantitative estimate of drug-likeness (QED) is 0.535. The maximum atomic E-state index is 11.1. The molecule has 0 spiro atoms. The average Bonchev–Trinajstić information content (AvgIpc) is 2.10. The zero-order chi connectivity index (χ0) is 11.8. The Labute approximate surface area is 90.0 Å². The van der Waals surface area contributed by atoms with Crippen LogP contribution in [0.3, 0.4) is 0 Å². The molecule has 0 aromatic heterocycles. The molecule has 4 N–H and O–H groups in total. The summed E-state index contributed by atoms with van der Waals surface area (Å²) >= 11 is 0. The maximum absolute atomic E-state index is 11.1. The monoisotopic (exact) mass is 216 g/mol. The van der Waals surface area contributed by atoms with Gasteiger partial charge in [0.05, 0.1) is 5.92 Å². The van der Waals surface area contributed by atoms with Gasteiger partial charge in [0.2, 0.25) is 5.91 Å². The second-order valence-electron chi connectivity index (χ2n) is 3.91. The van der Waals surface area contributed by atoms with E-state index in [0.29, 0.717) is 25.8 Å². The highest BCUT2D eigenvalue weighted by atomic mass is 16.4. The number of nitrogens with one attached hydrogen (secondary N) is 1. The molecule has 2 unspecified atom stereocenters. The lowest BCUT2D eigenvalue weighted by molar-refractivity contribution is -0.141. The molecule has 0 aliphatic heterocycles. The molecule has 0 bridgehead atoms. The standard InChI is InChI=1S/C10H20N2O3/c1-7(10(14)15)4-3-5-12-9(13)6-8(2)11/h7-8H,3-6,11H2,1-2H3,(H,12,13)(H,14,15). The van der Waals surface area contributed by atoms with Crippen LogP contribution in [0.2, 0.25) is 0 Å². The van der Waals surface area contributed by atoms with E-state index in [-0.39, 0.29) is 17.9 Å². The molecule has 5 nitrogen and oxygen atoms in total. The lowest BCUT2D eigenvalue weighted by Gasteiger charge is -2.08. The number of carbonyl (C=O) groups excluding carboxylic acids is 1. The number of hydrogen-bond donors (Lipinski definition) is 3. The SMILES string of the molecule is CC(N)CC(=O)NCCCC(C)C(=O)O. The Hall–Kier alpha value is -1.10. The molecule has 0 radical (unpaired) electrons. The number of rotatable bonds is 7. The van der Waals surface area contributed by atoms with E-state index in [9.17, 15) is 9.59 Å². The van der Waals surface area contributed by atoms with E-state index in [1.807, 2.05) is 0 Å². The van der Waals surface area contributed by atoms with Gasteiger partial charge in [-0.1, -0.05) is 6.92 Å². The summed E-state index contributed by atoms with van der Waals surface area (Å²) in [6.45, 7) is 3.95. The molecule has 1 amide bonds. The number of amides is 1. The van der Waals surface area contributed by atoms with Crippen LogP contribution < -0.4 is 11.1 Å². The predicted molar refractivity (Wildman–Crippen MR) is 57.3 cm³/mol. The number of nitrogens with two attached hydrogens (primary N) is 1. The summed E-state index contributed by atoms with van der Waals surface area (Å²) in [7, 11) is 0. The van der Waals surface area contributed by atoms with Crippen LogP contribution in [-0.4, -0.2) is 29.6 Å². The Morgan fingerprint density at radius 2 is 2.00 bits per heavy atom. The molecular weight excluding hydrogens is 196 g/mol. The Kier molecular flexibility index (Phi) is 6.70. The number of carboxylic acids is 1. The number of hydrogen-bond acceptors (Lipinski definition) is 3. The van der Waals surface area contributed by atoms with E-state index in [2.05, 4.69) is 5.32 Å². The van der Waals surface area contributed by atoms with Gasteiger partial charge in [0, 0.05) is 19.0 Å². The minimum Gasteiger partial charge on any atom is -0.481 e. The van der Waals surface area contributed by atoms with Crippen molar-refractivity contribution in [3.8, 4) is 0 Å². The minimum atomic E-state index is -0.795. The minimum absolute atomic E-state index is 0.0759. The van der Waals surface area contributed by atoms with E-state index in [1.165, 1.54) is 0 Å². The van der Waals surface area contributed by atoms with Crippen LogP contribution in [0.25, 0.3) is 0 Å². The number of carboxylic acid groups (broad SMARTS) is 1. The van der Waals surface area contributed by atoms with Crippen molar-refractivity contribution in [3.05, 3.63) is 0 Å². The van der Waals surface area contributed by atoms with Gasteiger partial charge in [-0.25, -0.2) is 0 Å². The Balaban J connectivity index is 3.46. The first-order valence-electron chi connectivity index (χ1n) is 5.18. The smallest absolute Gasteiger partial charge is 0.306 e. The van der Waals surface area contributed by atoms with Gasteiger partial charge >= 0.3 is 5.97 Å². The molecule has 88 valence electrons. The third-order valence-electron chi connectivity index (χ3n) is 2.07. The molecule has 5 heteroatoms. The van der Waals surface area contributed by atoms with Crippen LogP contribution in [0.5, 0.6) is 0 Å². The molecule has 0 saturated heterocycles.